The smallest absolute Gasteiger partial charge is 0.130 e. The zero-order valence-corrected chi connectivity index (χ0v) is 14.0. The molecule has 2 heterocycles. The van der Waals surface area contributed by atoms with Crippen molar-refractivity contribution in [3.63, 3.8) is 0 Å². The van der Waals surface area contributed by atoms with Crippen molar-refractivity contribution < 1.29 is 0 Å². The van der Waals surface area contributed by atoms with Crippen molar-refractivity contribution in [1.82, 2.24) is 9.66 Å². The van der Waals surface area contributed by atoms with Crippen LogP contribution in [-0.2, 0) is 6.42 Å². The third-order valence-electron chi connectivity index (χ3n) is 4.36. The first-order valence-electron chi connectivity index (χ1n) is 7.63. The standard InChI is InChI=1S/C16H21Cl2N3/c1-11-4-3-5-12(2)20(11)21-15-7-6-13(18)10-14(15)19-16(21)8-9-17/h6-7,10-12H,3-5,8-9H2,1-2H3. The van der Waals surface area contributed by atoms with Crippen LogP contribution in [0.5, 0.6) is 0 Å². The quantitative estimate of drug-likeness (QED) is 0.781. The second-order valence-corrected chi connectivity index (χ2v) is 6.74. The number of nitrogens with zero attached hydrogens (tertiary/aromatic N) is 3. The number of halogens is 2. The molecule has 0 spiro atoms. The fourth-order valence-corrected chi connectivity index (χ4v) is 3.73. The van der Waals surface area contributed by atoms with E-state index in [2.05, 4.69) is 29.6 Å². The zero-order chi connectivity index (χ0) is 15.0. The van der Waals surface area contributed by atoms with Gasteiger partial charge in [0.25, 0.3) is 0 Å². The number of alkyl halides is 1. The number of aromatic nitrogens is 2. The van der Waals surface area contributed by atoms with Crippen molar-refractivity contribution in [3.8, 4) is 0 Å². The monoisotopic (exact) mass is 325 g/mol. The summed E-state index contributed by atoms with van der Waals surface area (Å²) in [6.07, 6.45) is 4.50. The van der Waals surface area contributed by atoms with Crippen LogP contribution in [0.15, 0.2) is 18.2 Å². The third kappa shape index (κ3) is 2.74. The van der Waals surface area contributed by atoms with Gasteiger partial charge in [-0.25, -0.2) is 9.66 Å². The van der Waals surface area contributed by atoms with Gasteiger partial charge in [0.05, 0.1) is 11.0 Å². The predicted molar refractivity (Wildman–Crippen MR) is 90.2 cm³/mol. The van der Waals surface area contributed by atoms with E-state index in [9.17, 15) is 0 Å². The highest BCUT2D eigenvalue weighted by atomic mass is 35.5. The molecule has 0 radical (unpaired) electrons. The lowest BCUT2D eigenvalue weighted by molar-refractivity contribution is 0.336. The average Bonchev–Trinajstić information content (AvgIpc) is 2.77. The van der Waals surface area contributed by atoms with Crippen LogP contribution in [0.4, 0.5) is 0 Å². The SMILES string of the molecule is CC1CCCC(C)N1n1c(CCCl)nc2cc(Cl)ccc21. The third-order valence-corrected chi connectivity index (χ3v) is 4.78. The fourth-order valence-electron chi connectivity index (χ4n) is 3.40. The molecule has 1 aromatic carbocycles. The fraction of sp³-hybridized carbons (Fsp3) is 0.562. The van der Waals surface area contributed by atoms with Crippen LogP contribution in [0.25, 0.3) is 11.0 Å². The van der Waals surface area contributed by atoms with Gasteiger partial charge in [0.15, 0.2) is 0 Å². The Kier molecular flexibility index (Phi) is 4.32. The highest BCUT2D eigenvalue weighted by Gasteiger charge is 2.28. The number of fused-ring (bicyclic) bond motifs is 1. The second kappa shape index (κ2) is 6.05. The van der Waals surface area contributed by atoms with Crippen molar-refractivity contribution in [2.24, 2.45) is 0 Å². The molecule has 1 aliphatic heterocycles. The van der Waals surface area contributed by atoms with Crippen LogP contribution in [-0.4, -0.2) is 27.6 Å². The normalized spacial score (nSPS) is 23.0. The number of rotatable bonds is 3. The Bertz CT molecular complexity index is 628. The van der Waals surface area contributed by atoms with Gasteiger partial charge in [0.1, 0.15) is 5.82 Å². The maximum atomic E-state index is 6.11. The minimum Gasteiger partial charge on any atom is -0.306 e. The van der Waals surface area contributed by atoms with Gasteiger partial charge in [-0.3, -0.25) is 0 Å². The molecule has 1 fully saturated rings. The number of benzene rings is 1. The molecule has 3 nitrogen and oxygen atoms in total. The van der Waals surface area contributed by atoms with Crippen LogP contribution < -0.4 is 5.01 Å². The topological polar surface area (TPSA) is 21.1 Å². The molecule has 1 saturated heterocycles. The predicted octanol–water partition coefficient (Wildman–Crippen LogP) is 4.37. The number of aryl methyl sites for hydroxylation is 1. The van der Waals surface area contributed by atoms with Gasteiger partial charge in [-0.2, -0.15) is 0 Å². The molecule has 0 amide bonds. The molecular weight excluding hydrogens is 305 g/mol. The second-order valence-electron chi connectivity index (χ2n) is 5.92. The first kappa shape index (κ1) is 15.0. The molecule has 0 aliphatic carbocycles. The Balaban J connectivity index is 2.16. The summed E-state index contributed by atoms with van der Waals surface area (Å²) in [7, 11) is 0. The minimum atomic E-state index is 0.510. The molecule has 5 heteroatoms. The van der Waals surface area contributed by atoms with Gasteiger partial charge in [0, 0.05) is 29.4 Å². The van der Waals surface area contributed by atoms with Gasteiger partial charge >= 0.3 is 0 Å². The van der Waals surface area contributed by atoms with Crippen LogP contribution in [0.2, 0.25) is 5.02 Å². The lowest BCUT2D eigenvalue weighted by atomic mass is 10.00. The van der Waals surface area contributed by atoms with Crippen LogP contribution in [0.1, 0.15) is 38.9 Å². The Morgan fingerprint density at radius 2 is 1.95 bits per heavy atom. The van der Waals surface area contributed by atoms with Crippen molar-refractivity contribution in [2.45, 2.75) is 51.6 Å². The maximum Gasteiger partial charge on any atom is 0.130 e. The van der Waals surface area contributed by atoms with Gasteiger partial charge in [-0.1, -0.05) is 11.6 Å². The van der Waals surface area contributed by atoms with E-state index in [1.807, 2.05) is 12.1 Å². The van der Waals surface area contributed by atoms with E-state index in [-0.39, 0.29) is 0 Å². The van der Waals surface area contributed by atoms with Crippen molar-refractivity contribution >= 4 is 34.2 Å². The van der Waals surface area contributed by atoms with Gasteiger partial charge in [0.2, 0.25) is 0 Å². The van der Waals surface area contributed by atoms with E-state index < -0.39 is 0 Å². The van der Waals surface area contributed by atoms with Gasteiger partial charge in [-0.15, -0.1) is 11.6 Å². The number of hydrogen-bond donors (Lipinski definition) is 0. The van der Waals surface area contributed by atoms with Crippen LogP contribution in [0, 0.1) is 0 Å². The number of hydrogen-bond acceptors (Lipinski definition) is 2. The largest absolute Gasteiger partial charge is 0.306 e. The molecule has 2 aromatic rings. The zero-order valence-electron chi connectivity index (χ0n) is 12.5. The Labute approximate surface area is 135 Å². The lowest BCUT2D eigenvalue weighted by Crippen LogP contribution is -2.51. The van der Waals surface area contributed by atoms with E-state index in [0.717, 1.165) is 28.3 Å². The summed E-state index contributed by atoms with van der Waals surface area (Å²) in [5.74, 6) is 1.61. The highest BCUT2D eigenvalue weighted by Crippen LogP contribution is 2.27. The number of piperidine rings is 1. The Morgan fingerprint density at radius 3 is 2.62 bits per heavy atom. The summed E-state index contributed by atoms with van der Waals surface area (Å²) < 4.78 is 2.28. The summed E-state index contributed by atoms with van der Waals surface area (Å²) in [5.41, 5.74) is 2.08. The molecule has 114 valence electrons. The molecule has 0 bridgehead atoms. The molecule has 0 N–H and O–H groups in total. The van der Waals surface area contributed by atoms with Crippen LogP contribution >= 0.6 is 23.2 Å². The first-order chi connectivity index (χ1) is 10.1. The highest BCUT2D eigenvalue weighted by molar-refractivity contribution is 6.31. The van der Waals surface area contributed by atoms with E-state index in [1.54, 1.807) is 0 Å². The summed E-state index contributed by atoms with van der Waals surface area (Å²) in [5, 5.41) is 3.19. The maximum absolute atomic E-state index is 6.11. The average molecular weight is 326 g/mol. The van der Waals surface area contributed by atoms with Crippen molar-refractivity contribution in [2.75, 3.05) is 10.9 Å². The van der Waals surface area contributed by atoms with Gasteiger partial charge in [-0.05, 0) is 51.3 Å². The molecule has 0 saturated carbocycles. The van der Waals surface area contributed by atoms with E-state index >= 15 is 0 Å². The Hall–Kier alpha value is -0.930. The minimum absolute atomic E-state index is 0.510. The van der Waals surface area contributed by atoms with Crippen molar-refractivity contribution in [3.05, 3.63) is 29.0 Å². The molecule has 3 rings (SSSR count). The number of imidazole rings is 1. The van der Waals surface area contributed by atoms with E-state index in [1.165, 1.54) is 19.3 Å². The summed E-state index contributed by atoms with van der Waals surface area (Å²) in [6.45, 7) is 4.59. The van der Waals surface area contributed by atoms with Crippen molar-refractivity contribution in [1.29, 1.82) is 0 Å². The molecule has 1 aromatic heterocycles. The molecule has 21 heavy (non-hydrogen) atoms. The van der Waals surface area contributed by atoms with Crippen LogP contribution in [0.3, 0.4) is 0 Å². The van der Waals surface area contributed by atoms with E-state index in [0.29, 0.717) is 18.0 Å². The summed E-state index contributed by atoms with van der Waals surface area (Å²) in [6, 6.07) is 6.96. The molecule has 2 atom stereocenters. The van der Waals surface area contributed by atoms with Gasteiger partial charge < -0.3 is 5.01 Å². The molecular formula is C16H21Cl2N3. The molecule has 2 unspecified atom stereocenters. The van der Waals surface area contributed by atoms with E-state index in [4.69, 9.17) is 28.2 Å². The lowest BCUT2D eigenvalue weighted by Gasteiger charge is -2.42. The molecule has 1 aliphatic rings. The summed E-state index contributed by atoms with van der Waals surface area (Å²) >= 11 is 12.1. The first-order valence-corrected chi connectivity index (χ1v) is 8.54. The summed E-state index contributed by atoms with van der Waals surface area (Å²) in [4.78, 5) is 4.76. The Morgan fingerprint density at radius 1 is 1.24 bits per heavy atom.